The molecule has 26 heavy (non-hydrogen) atoms. The van der Waals surface area contributed by atoms with Gasteiger partial charge in [0, 0.05) is 27.2 Å². The number of nitrogens with zero attached hydrogens (tertiary/aromatic N) is 5. The first kappa shape index (κ1) is 22.4. The number of aromatic nitrogens is 3. The first-order valence-electron chi connectivity index (χ1n) is 8.77. The van der Waals surface area contributed by atoms with Crippen LogP contribution >= 0.6 is 24.0 Å². The van der Waals surface area contributed by atoms with E-state index >= 15 is 0 Å². The summed E-state index contributed by atoms with van der Waals surface area (Å²) in [5.41, 5.74) is 1.44. The lowest BCUT2D eigenvalue weighted by Gasteiger charge is -2.26. The van der Waals surface area contributed by atoms with Crippen LogP contribution in [0.2, 0.25) is 0 Å². The van der Waals surface area contributed by atoms with E-state index in [9.17, 15) is 0 Å². The van der Waals surface area contributed by atoms with Gasteiger partial charge in [0.1, 0.15) is 12.2 Å². The SMILES string of the molecule is CCNC(=NCC(C)(C)Cc1ccccc1)N(C)Cc1ncnn1C.I. The number of benzene rings is 1. The second-order valence-corrected chi connectivity index (χ2v) is 7.15. The molecule has 0 atom stereocenters. The van der Waals surface area contributed by atoms with E-state index < -0.39 is 0 Å². The normalized spacial score (nSPS) is 11.8. The molecule has 1 aromatic heterocycles. The molecule has 0 radical (unpaired) electrons. The van der Waals surface area contributed by atoms with Crippen LogP contribution < -0.4 is 5.32 Å². The number of halogens is 1. The Bertz CT molecular complexity index is 680. The van der Waals surface area contributed by atoms with E-state index in [0.29, 0.717) is 6.54 Å². The van der Waals surface area contributed by atoms with E-state index in [1.165, 1.54) is 5.56 Å². The third kappa shape index (κ3) is 6.93. The van der Waals surface area contributed by atoms with E-state index in [-0.39, 0.29) is 29.4 Å². The second-order valence-electron chi connectivity index (χ2n) is 7.15. The molecule has 0 aliphatic rings. The van der Waals surface area contributed by atoms with Crippen LogP contribution in [0.15, 0.2) is 41.7 Å². The number of aliphatic imine (C=N–C) groups is 1. The highest BCUT2D eigenvalue weighted by atomic mass is 127. The van der Waals surface area contributed by atoms with E-state index in [1.54, 1.807) is 11.0 Å². The van der Waals surface area contributed by atoms with Gasteiger partial charge in [0.05, 0.1) is 6.54 Å². The van der Waals surface area contributed by atoms with Crippen molar-refractivity contribution in [1.82, 2.24) is 25.0 Å². The monoisotopic (exact) mass is 470 g/mol. The van der Waals surface area contributed by atoms with Crippen molar-refractivity contribution in [2.75, 3.05) is 20.1 Å². The minimum atomic E-state index is 0. The van der Waals surface area contributed by atoms with Crippen molar-refractivity contribution in [2.45, 2.75) is 33.7 Å². The highest BCUT2D eigenvalue weighted by Gasteiger charge is 2.19. The molecule has 0 aliphatic heterocycles. The summed E-state index contributed by atoms with van der Waals surface area (Å²) in [6, 6.07) is 10.6. The van der Waals surface area contributed by atoms with Crippen molar-refractivity contribution < 1.29 is 0 Å². The summed E-state index contributed by atoms with van der Waals surface area (Å²) < 4.78 is 1.79. The minimum absolute atomic E-state index is 0. The predicted molar refractivity (Wildman–Crippen MR) is 118 cm³/mol. The van der Waals surface area contributed by atoms with E-state index in [2.05, 4.69) is 71.4 Å². The van der Waals surface area contributed by atoms with Crippen molar-refractivity contribution in [3.05, 3.63) is 48.0 Å². The molecule has 0 fully saturated rings. The van der Waals surface area contributed by atoms with E-state index in [0.717, 1.165) is 31.3 Å². The Kier molecular flexibility index (Phi) is 9.04. The molecule has 0 aliphatic carbocycles. The number of aryl methyl sites for hydroxylation is 1. The average Bonchev–Trinajstić information content (AvgIpc) is 2.97. The third-order valence-corrected chi connectivity index (χ3v) is 4.06. The Hall–Kier alpha value is -1.64. The summed E-state index contributed by atoms with van der Waals surface area (Å²) in [5.74, 6) is 1.81. The highest BCUT2D eigenvalue weighted by Crippen LogP contribution is 2.22. The third-order valence-electron chi connectivity index (χ3n) is 4.06. The molecule has 1 N–H and O–H groups in total. The maximum atomic E-state index is 4.87. The summed E-state index contributed by atoms with van der Waals surface area (Å²) in [7, 11) is 3.93. The fraction of sp³-hybridized carbons (Fsp3) is 0.526. The van der Waals surface area contributed by atoms with Gasteiger partial charge in [-0.25, -0.2) is 4.98 Å². The summed E-state index contributed by atoms with van der Waals surface area (Å²) in [6.07, 6.45) is 2.58. The van der Waals surface area contributed by atoms with Gasteiger partial charge in [-0.15, -0.1) is 24.0 Å². The summed E-state index contributed by atoms with van der Waals surface area (Å²) >= 11 is 0. The number of guanidine groups is 1. The Morgan fingerprint density at radius 3 is 2.54 bits per heavy atom. The number of rotatable bonds is 7. The van der Waals surface area contributed by atoms with Crippen LogP contribution in [-0.2, 0) is 20.0 Å². The molecule has 0 bridgehead atoms. The standard InChI is InChI=1S/C19H30N6.HI/c1-6-20-18(24(4)13-17-22-15-23-25(17)5)21-14-19(2,3)12-16-10-8-7-9-11-16;/h7-11,15H,6,12-14H2,1-5H3,(H,20,21);1H. The quantitative estimate of drug-likeness (QED) is 0.384. The molecule has 0 spiro atoms. The van der Waals surface area contributed by atoms with Gasteiger partial charge >= 0.3 is 0 Å². The molecule has 0 unspecified atom stereocenters. The van der Waals surface area contributed by atoms with Crippen LogP contribution in [0.5, 0.6) is 0 Å². The Balaban J connectivity index is 0.00000338. The fourth-order valence-corrected chi connectivity index (χ4v) is 2.71. The molecule has 2 aromatic rings. The van der Waals surface area contributed by atoms with Crippen molar-refractivity contribution in [3.8, 4) is 0 Å². The summed E-state index contributed by atoms with van der Waals surface area (Å²) in [6.45, 7) is 8.86. The Morgan fingerprint density at radius 2 is 1.96 bits per heavy atom. The summed E-state index contributed by atoms with van der Waals surface area (Å²) in [4.78, 5) is 11.2. The maximum absolute atomic E-state index is 4.87. The molecule has 2 rings (SSSR count). The predicted octanol–water partition coefficient (Wildman–Crippen LogP) is 3.10. The lowest BCUT2D eigenvalue weighted by atomic mass is 9.86. The topological polar surface area (TPSA) is 58.3 Å². The lowest BCUT2D eigenvalue weighted by Crippen LogP contribution is -2.39. The van der Waals surface area contributed by atoms with Gasteiger partial charge in [-0.3, -0.25) is 9.67 Å². The van der Waals surface area contributed by atoms with E-state index in [1.807, 2.05) is 14.1 Å². The maximum Gasteiger partial charge on any atom is 0.194 e. The van der Waals surface area contributed by atoms with Crippen LogP contribution in [0.25, 0.3) is 0 Å². The zero-order valence-corrected chi connectivity index (χ0v) is 18.8. The van der Waals surface area contributed by atoms with Crippen LogP contribution in [0.4, 0.5) is 0 Å². The molecule has 144 valence electrons. The molecule has 7 heteroatoms. The zero-order chi connectivity index (χ0) is 18.3. The summed E-state index contributed by atoms with van der Waals surface area (Å²) in [5, 5.41) is 7.49. The number of nitrogens with one attached hydrogen (secondary N) is 1. The molecule has 0 saturated carbocycles. The van der Waals surface area contributed by atoms with Crippen LogP contribution in [0, 0.1) is 5.41 Å². The molecule has 0 saturated heterocycles. The Labute approximate surface area is 174 Å². The van der Waals surface area contributed by atoms with Crippen LogP contribution in [-0.4, -0.2) is 45.8 Å². The van der Waals surface area contributed by atoms with Crippen molar-refractivity contribution >= 4 is 29.9 Å². The molecular weight excluding hydrogens is 439 g/mol. The average molecular weight is 470 g/mol. The van der Waals surface area contributed by atoms with E-state index in [4.69, 9.17) is 4.99 Å². The van der Waals surface area contributed by atoms with Gasteiger partial charge < -0.3 is 10.2 Å². The largest absolute Gasteiger partial charge is 0.357 e. The highest BCUT2D eigenvalue weighted by molar-refractivity contribution is 14.0. The molecule has 6 nitrogen and oxygen atoms in total. The Morgan fingerprint density at radius 1 is 1.27 bits per heavy atom. The lowest BCUT2D eigenvalue weighted by molar-refractivity contribution is 0.370. The smallest absolute Gasteiger partial charge is 0.194 e. The van der Waals surface area contributed by atoms with Gasteiger partial charge in [-0.2, -0.15) is 5.10 Å². The van der Waals surface area contributed by atoms with Crippen molar-refractivity contribution in [3.63, 3.8) is 0 Å². The second kappa shape index (κ2) is 10.5. The van der Waals surface area contributed by atoms with Crippen LogP contribution in [0.1, 0.15) is 32.2 Å². The van der Waals surface area contributed by atoms with Gasteiger partial charge in [-0.1, -0.05) is 44.2 Å². The van der Waals surface area contributed by atoms with Gasteiger partial charge in [0.15, 0.2) is 5.96 Å². The van der Waals surface area contributed by atoms with Crippen LogP contribution in [0.3, 0.4) is 0 Å². The zero-order valence-electron chi connectivity index (χ0n) is 16.4. The van der Waals surface area contributed by atoms with Gasteiger partial charge in [0.2, 0.25) is 0 Å². The molecular formula is C19H31IN6. The number of hydrogen-bond donors (Lipinski definition) is 1. The van der Waals surface area contributed by atoms with Gasteiger partial charge in [0.25, 0.3) is 0 Å². The van der Waals surface area contributed by atoms with Crippen molar-refractivity contribution in [2.24, 2.45) is 17.5 Å². The first-order valence-corrected chi connectivity index (χ1v) is 8.77. The molecule has 0 amide bonds. The molecule has 1 heterocycles. The van der Waals surface area contributed by atoms with Gasteiger partial charge in [-0.05, 0) is 24.3 Å². The van der Waals surface area contributed by atoms with Crippen molar-refractivity contribution in [1.29, 1.82) is 0 Å². The molecule has 1 aromatic carbocycles. The fourth-order valence-electron chi connectivity index (χ4n) is 2.71. The first-order chi connectivity index (χ1) is 11.9. The minimum Gasteiger partial charge on any atom is -0.357 e. The number of hydrogen-bond acceptors (Lipinski definition) is 3.